The van der Waals surface area contributed by atoms with Crippen molar-refractivity contribution in [2.45, 2.75) is 75.6 Å². The summed E-state index contributed by atoms with van der Waals surface area (Å²) in [5, 5.41) is 11.3. The van der Waals surface area contributed by atoms with Gasteiger partial charge in [0.25, 0.3) is 0 Å². The third-order valence-corrected chi connectivity index (χ3v) is 11.4. The number of esters is 1. The summed E-state index contributed by atoms with van der Waals surface area (Å²) >= 11 is 0. The quantitative estimate of drug-likeness (QED) is 0.129. The molecule has 2 bridgehead atoms. The molecule has 13 heteroatoms. The number of hydrogen-bond acceptors (Lipinski definition) is 13. The van der Waals surface area contributed by atoms with Crippen LogP contribution in [0.15, 0.2) is 45.7 Å². The van der Waals surface area contributed by atoms with Gasteiger partial charge in [0.1, 0.15) is 51.6 Å². The number of fused-ring (bicyclic) bond motifs is 8. The van der Waals surface area contributed by atoms with E-state index in [1.165, 1.54) is 6.07 Å². The SMILES string of the molecule is Cc1cc(=O)c2c(O)c3c(cc2o1)O[C@@]1(C)CCSSCc2c(ccnc2N)-c2cc(cc(N)n2)CC[C@H]2O[C@@]2(C)C(=O)O[C@@H]1C3. The molecule has 0 radical (unpaired) electrons. The summed E-state index contributed by atoms with van der Waals surface area (Å²) in [4.78, 5) is 35.4. The van der Waals surface area contributed by atoms with Gasteiger partial charge in [-0.3, -0.25) is 4.79 Å². The molecule has 46 heavy (non-hydrogen) atoms. The predicted molar refractivity (Wildman–Crippen MR) is 178 cm³/mol. The van der Waals surface area contributed by atoms with E-state index in [4.69, 9.17) is 30.1 Å². The Morgan fingerprint density at radius 1 is 1.07 bits per heavy atom. The highest BCUT2D eigenvalue weighted by Gasteiger charge is 2.60. The maximum absolute atomic E-state index is 13.7. The third-order valence-electron chi connectivity index (χ3n) is 9.13. The van der Waals surface area contributed by atoms with Crippen molar-refractivity contribution < 1.29 is 28.5 Å². The number of aromatic nitrogens is 2. The van der Waals surface area contributed by atoms with Gasteiger partial charge in [-0.05, 0) is 57.4 Å². The molecule has 5 N–H and O–H groups in total. The molecule has 1 saturated heterocycles. The Kier molecular flexibility index (Phi) is 7.60. The topological polar surface area (TPSA) is 176 Å². The first-order chi connectivity index (χ1) is 21.9. The number of epoxide rings is 1. The van der Waals surface area contributed by atoms with Crippen LogP contribution in [-0.2, 0) is 32.9 Å². The van der Waals surface area contributed by atoms with Gasteiger partial charge in [-0.15, -0.1) is 0 Å². The molecule has 0 saturated carbocycles. The Morgan fingerprint density at radius 2 is 1.89 bits per heavy atom. The lowest BCUT2D eigenvalue weighted by atomic mass is 9.86. The Labute approximate surface area is 272 Å². The van der Waals surface area contributed by atoms with Crippen molar-refractivity contribution in [1.82, 2.24) is 9.97 Å². The van der Waals surface area contributed by atoms with Crippen LogP contribution < -0.4 is 21.6 Å². The lowest BCUT2D eigenvalue weighted by Crippen LogP contribution is -2.52. The molecule has 1 fully saturated rings. The molecule has 0 spiro atoms. The molecular weight excluding hydrogens is 629 g/mol. The number of ether oxygens (including phenoxy) is 3. The van der Waals surface area contributed by atoms with Crippen LogP contribution in [0, 0.1) is 6.92 Å². The standard InChI is InChI=1S/C33H34N4O7S2/c1-16-10-22(38)28-24(41-16)14-23-19(29(28)39)13-26-32(2,43-23)7-9-45-46-15-20-18(6-8-36-30(20)35)21-11-17(12-27(34)37-21)4-5-25-33(3,44-25)31(40)42-26/h6,8,10-12,14,25-26,39H,4-5,7,9,13,15H2,1-3H3,(H2,34,37)(H2,35,36)/t25-,26-,32+,33-/m1/s1. The summed E-state index contributed by atoms with van der Waals surface area (Å²) in [6.07, 6.45) is 2.38. The van der Waals surface area contributed by atoms with Gasteiger partial charge in [0.2, 0.25) is 0 Å². The minimum Gasteiger partial charge on any atom is -0.507 e. The number of carbonyl (C=O) groups is 1. The summed E-state index contributed by atoms with van der Waals surface area (Å²) in [5.41, 5.74) is 14.2. The van der Waals surface area contributed by atoms with Crippen LogP contribution in [0.5, 0.6) is 11.5 Å². The van der Waals surface area contributed by atoms with E-state index in [2.05, 4.69) is 9.97 Å². The second-order valence-electron chi connectivity index (χ2n) is 12.4. The number of nitrogen functional groups attached to an aromatic ring is 2. The van der Waals surface area contributed by atoms with E-state index in [1.54, 1.807) is 47.7 Å². The van der Waals surface area contributed by atoms with Crippen molar-refractivity contribution in [1.29, 1.82) is 0 Å². The minimum atomic E-state index is -1.13. The largest absolute Gasteiger partial charge is 0.507 e. The zero-order valence-corrected chi connectivity index (χ0v) is 27.3. The third kappa shape index (κ3) is 5.43. The Hall–Kier alpha value is -3.94. The number of carbonyl (C=O) groups excluding carboxylic acids is 1. The fourth-order valence-corrected chi connectivity index (χ4v) is 8.66. The number of nitrogens with two attached hydrogens (primary N) is 2. The van der Waals surface area contributed by atoms with Gasteiger partial charge in [0, 0.05) is 59.4 Å². The predicted octanol–water partition coefficient (Wildman–Crippen LogP) is 5.11. The van der Waals surface area contributed by atoms with Gasteiger partial charge in [-0.2, -0.15) is 0 Å². The lowest BCUT2D eigenvalue weighted by molar-refractivity contribution is -0.168. The van der Waals surface area contributed by atoms with E-state index in [9.17, 15) is 14.7 Å². The maximum atomic E-state index is 13.7. The Bertz CT molecular complexity index is 1950. The molecule has 3 aliphatic rings. The summed E-state index contributed by atoms with van der Waals surface area (Å²) in [5.74, 6) is 2.15. The molecule has 1 aromatic carbocycles. The van der Waals surface area contributed by atoms with Crippen LogP contribution in [0.3, 0.4) is 0 Å². The number of benzene rings is 1. The number of phenolic OH excluding ortho intramolecular Hbond substituents is 1. The van der Waals surface area contributed by atoms with Gasteiger partial charge in [0.05, 0.1) is 11.8 Å². The molecule has 6 heterocycles. The van der Waals surface area contributed by atoms with E-state index < -0.39 is 23.3 Å². The fourth-order valence-electron chi connectivity index (χ4n) is 6.34. The number of aromatic hydroxyl groups is 1. The van der Waals surface area contributed by atoms with Crippen LogP contribution in [0.1, 0.15) is 49.1 Å². The number of hydrogen-bond donors (Lipinski definition) is 3. The monoisotopic (exact) mass is 662 g/mol. The minimum absolute atomic E-state index is 0.0709. The van der Waals surface area contributed by atoms with Crippen molar-refractivity contribution in [3.05, 3.63) is 69.2 Å². The number of anilines is 2. The molecule has 7 rings (SSSR count). The molecule has 0 amide bonds. The van der Waals surface area contributed by atoms with Crippen molar-refractivity contribution in [2.75, 3.05) is 17.2 Å². The van der Waals surface area contributed by atoms with Crippen molar-refractivity contribution in [2.24, 2.45) is 0 Å². The van der Waals surface area contributed by atoms with Gasteiger partial charge < -0.3 is 35.2 Å². The van der Waals surface area contributed by atoms with Crippen molar-refractivity contribution in [3.8, 4) is 22.8 Å². The molecule has 0 unspecified atom stereocenters. The van der Waals surface area contributed by atoms with Gasteiger partial charge in [-0.25, -0.2) is 14.8 Å². The van der Waals surface area contributed by atoms with Crippen LogP contribution in [0.25, 0.3) is 22.2 Å². The van der Waals surface area contributed by atoms with Crippen molar-refractivity contribution in [3.63, 3.8) is 0 Å². The number of rotatable bonds is 0. The van der Waals surface area contributed by atoms with Crippen LogP contribution in [-0.4, -0.2) is 50.2 Å². The molecule has 0 aliphatic carbocycles. The van der Waals surface area contributed by atoms with Gasteiger partial charge in [0.15, 0.2) is 11.0 Å². The van der Waals surface area contributed by atoms with Gasteiger partial charge in [-0.1, -0.05) is 21.6 Å². The second kappa shape index (κ2) is 11.4. The highest BCUT2D eigenvalue weighted by atomic mass is 33.1. The van der Waals surface area contributed by atoms with Crippen LogP contribution in [0.4, 0.5) is 11.6 Å². The second-order valence-corrected chi connectivity index (χ2v) is 15.0. The first kappa shape index (κ1) is 30.7. The molecular formula is C33H34N4O7S2. The highest BCUT2D eigenvalue weighted by molar-refractivity contribution is 8.76. The molecule has 3 aliphatic heterocycles. The average molecular weight is 663 g/mol. The van der Waals surface area contributed by atoms with E-state index in [-0.39, 0.29) is 34.7 Å². The summed E-state index contributed by atoms with van der Waals surface area (Å²) in [6, 6.07) is 8.70. The smallest absolute Gasteiger partial charge is 0.341 e. The maximum Gasteiger partial charge on any atom is 0.341 e. The highest BCUT2D eigenvalue weighted by Crippen LogP contribution is 2.47. The fraction of sp³-hybridized carbons (Fsp3) is 0.394. The van der Waals surface area contributed by atoms with Crippen molar-refractivity contribution >= 4 is 50.2 Å². The van der Waals surface area contributed by atoms with E-state index in [1.807, 2.05) is 25.1 Å². The Morgan fingerprint density at radius 3 is 2.72 bits per heavy atom. The number of phenols is 1. The first-order valence-corrected chi connectivity index (χ1v) is 17.6. The van der Waals surface area contributed by atoms with Crippen LogP contribution >= 0.6 is 21.6 Å². The number of aryl methyl sites for hydroxylation is 2. The van der Waals surface area contributed by atoms with E-state index in [0.29, 0.717) is 59.5 Å². The molecule has 240 valence electrons. The van der Waals surface area contributed by atoms with Gasteiger partial charge >= 0.3 is 5.97 Å². The number of nitrogens with zero attached hydrogens (tertiary/aromatic N) is 2. The summed E-state index contributed by atoms with van der Waals surface area (Å²) in [6.45, 7) is 5.31. The molecule has 4 aromatic rings. The average Bonchev–Trinajstić information content (AvgIpc) is 3.67. The lowest BCUT2D eigenvalue weighted by Gasteiger charge is -2.42. The van der Waals surface area contributed by atoms with E-state index >= 15 is 0 Å². The van der Waals surface area contributed by atoms with Crippen LogP contribution in [0.2, 0.25) is 0 Å². The Balaban J connectivity index is 1.23. The molecule has 4 atom stereocenters. The summed E-state index contributed by atoms with van der Waals surface area (Å²) < 4.78 is 24.5. The molecule has 3 aromatic heterocycles. The number of pyridine rings is 2. The first-order valence-electron chi connectivity index (χ1n) is 15.1. The van der Waals surface area contributed by atoms with E-state index in [0.717, 1.165) is 22.4 Å². The zero-order valence-electron chi connectivity index (χ0n) is 25.6. The normalized spacial score (nSPS) is 26.3. The zero-order chi connectivity index (χ0) is 32.4. The molecule has 11 nitrogen and oxygen atoms in total. The summed E-state index contributed by atoms with van der Waals surface area (Å²) in [7, 11) is 3.26.